The number of aromatic hydroxyl groups is 1. The maximum absolute atomic E-state index is 12.4. The van der Waals surface area contributed by atoms with Gasteiger partial charge in [-0.15, -0.1) is 23.8 Å². The van der Waals surface area contributed by atoms with E-state index >= 15 is 0 Å². The van der Waals surface area contributed by atoms with E-state index < -0.39 is 50.0 Å². The number of aromatic nitrogens is 3. The number of phenols is 1. The van der Waals surface area contributed by atoms with Crippen LogP contribution >= 0.6 is 0 Å². The molecule has 2 heterocycles. The van der Waals surface area contributed by atoms with E-state index in [-0.39, 0.29) is 43.8 Å². The number of hydrogen-bond donors (Lipinski definition) is 1. The van der Waals surface area contributed by atoms with Gasteiger partial charge in [0.25, 0.3) is 0 Å². The van der Waals surface area contributed by atoms with Gasteiger partial charge in [0.1, 0.15) is 11.6 Å². The number of imidazole rings is 1. The minimum Gasteiger partial charge on any atom is -0.507 e. The maximum Gasteiger partial charge on any atom is 0.148 e. The van der Waals surface area contributed by atoms with Crippen molar-refractivity contribution in [3.05, 3.63) is 191 Å². The van der Waals surface area contributed by atoms with Gasteiger partial charge >= 0.3 is 0 Å². The molecule has 9 rings (SSSR count). The average Bonchev–Trinajstić information content (AvgIpc) is 1.51. The van der Waals surface area contributed by atoms with Crippen LogP contribution in [0.1, 0.15) is 133 Å². The van der Waals surface area contributed by atoms with Crippen molar-refractivity contribution < 1.29 is 45.4 Å². The Balaban J connectivity index is 0.00000900. The molecule has 0 aliphatic rings. The molecular formula is C64H64N3OPt-. The topological polar surface area (TPSA) is 50.9 Å². The molecule has 0 unspecified atom stereocenters. The van der Waals surface area contributed by atoms with E-state index in [9.17, 15) is 5.11 Å². The molecule has 69 heavy (non-hydrogen) atoms. The average molecular weight is 1100 g/mol. The van der Waals surface area contributed by atoms with Crippen molar-refractivity contribution >= 4 is 11.0 Å². The summed E-state index contributed by atoms with van der Waals surface area (Å²) in [7, 11) is 0. The van der Waals surface area contributed by atoms with Crippen molar-refractivity contribution in [3.63, 3.8) is 0 Å². The van der Waals surface area contributed by atoms with Gasteiger partial charge in [0.15, 0.2) is 0 Å². The second kappa shape index (κ2) is 19.2. The van der Waals surface area contributed by atoms with Gasteiger partial charge in [-0.2, -0.15) is 0 Å². The molecule has 0 bridgehead atoms. The Morgan fingerprint density at radius 3 is 1.94 bits per heavy atom. The van der Waals surface area contributed by atoms with Crippen LogP contribution in [0.3, 0.4) is 0 Å². The molecule has 0 saturated carbocycles. The Morgan fingerprint density at radius 1 is 0.623 bits per heavy atom. The van der Waals surface area contributed by atoms with Crippen LogP contribution in [0.4, 0.5) is 0 Å². The van der Waals surface area contributed by atoms with Gasteiger partial charge in [-0.3, -0.25) is 9.55 Å². The van der Waals surface area contributed by atoms with Crippen molar-refractivity contribution in [3.8, 4) is 78.6 Å². The first-order valence-corrected chi connectivity index (χ1v) is 22.8. The number of aryl methyl sites for hydroxylation is 2. The molecular weight excluding hydrogens is 1020 g/mol. The van der Waals surface area contributed by atoms with E-state index in [0.29, 0.717) is 83.6 Å². The number of phenolic OH excluding ortho intramolecular Hbond substituents is 1. The van der Waals surface area contributed by atoms with Crippen LogP contribution in [0.5, 0.6) is 5.75 Å². The van der Waals surface area contributed by atoms with E-state index in [1.54, 1.807) is 56.7 Å². The Labute approximate surface area is 444 Å². The largest absolute Gasteiger partial charge is 0.507 e. The zero-order valence-corrected chi connectivity index (χ0v) is 42.3. The molecule has 5 heteroatoms. The maximum atomic E-state index is 12.4. The first-order chi connectivity index (χ1) is 37.9. The summed E-state index contributed by atoms with van der Waals surface area (Å²) in [6, 6.07) is 46.6. The van der Waals surface area contributed by atoms with Crippen LogP contribution < -0.4 is 0 Å². The van der Waals surface area contributed by atoms with Crippen LogP contribution in [0.2, 0.25) is 0 Å². The van der Waals surface area contributed by atoms with Crippen LogP contribution in [0.15, 0.2) is 152 Å². The van der Waals surface area contributed by atoms with Gasteiger partial charge in [-0.05, 0) is 122 Å². The van der Waals surface area contributed by atoms with E-state index in [2.05, 4.69) is 6.07 Å². The number of rotatable bonds is 9. The van der Waals surface area contributed by atoms with Gasteiger partial charge < -0.3 is 5.11 Å². The summed E-state index contributed by atoms with van der Waals surface area (Å²) in [6.07, 6.45) is 1.60. The molecule has 0 radical (unpaired) electrons. The second-order valence-corrected chi connectivity index (χ2v) is 19.3. The van der Waals surface area contributed by atoms with Gasteiger partial charge in [0, 0.05) is 57.7 Å². The van der Waals surface area contributed by atoms with Crippen molar-refractivity contribution in [2.45, 2.75) is 105 Å². The minimum absolute atomic E-state index is 0. The molecule has 0 atom stereocenters. The fraction of sp³-hybridized carbons (Fsp3) is 0.250. The summed E-state index contributed by atoms with van der Waals surface area (Å²) in [6.45, 7) is 2.14. The van der Waals surface area contributed by atoms with E-state index in [1.807, 2.05) is 131 Å². The minimum atomic E-state index is -3.42. The second-order valence-electron chi connectivity index (χ2n) is 19.3. The fourth-order valence-electron chi connectivity index (χ4n) is 8.86. The fourth-order valence-corrected chi connectivity index (χ4v) is 8.86. The zero-order valence-electron chi connectivity index (χ0n) is 54.0. The molecule has 9 aromatic rings. The standard InChI is InChI=1S/C64H64N3O.Pt/c1-39(2)47-32-48(40(3)4)34-50(33-47)45-23-26-58(42(6)31-45)67-59-20-16-19-54(60(59)66-62(67)55-29-41(5)30-56(61(55)68)64(10,11)12)51-35-49(43-17-14-13-15-18-43)36-52(37-51)57-38-46(27-28-65-57)44-21-24-53(25-22-44)63(7,8)9;/h13-36,38-40,68H,1-12H3;/q-1;/i6D3,7D3,8D3,9D3,39D,40D;. The van der Waals surface area contributed by atoms with Crippen molar-refractivity contribution in [1.82, 2.24) is 14.5 Å². The summed E-state index contributed by atoms with van der Waals surface area (Å²) in [4.78, 5) is 10.2. The van der Waals surface area contributed by atoms with E-state index in [4.69, 9.17) is 29.2 Å². The number of pyridine rings is 1. The normalized spacial score (nSPS) is 16.0. The van der Waals surface area contributed by atoms with Crippen LogP contribution in [0.25, 0.3) is 83.9 Å². The molecule has 4 nitrogen and oxygen atoms in total. The van der Waals surface area contributed by atoms with E-state index in [1.165, 1.54) is 24.3 Å². The Kier molecular flexibility index (Phi) is 9.47. The number of hydrogen-bond acceptors (Lipinski definition) is 3. The molecule has 0 aliphatic carbocycles. The first-order valence-electron chi connectivity index (χ1n) is 29.8. The summed E-state index contributed by atoms with van der Waals surface area (Å²) in [5, 5.41) is 12.4. The summed E-state index contributed by atoms with van der Waals surface area (Å²) < 4.78 is 121. The molecule has 0 fully saturated rings. The number of benzene rings is 7. The molecule has 0 amide bonds. The Hall–Kier alpha value is -6.35. The van der Waals surface area contributed by atoms with Gasteiger partial charge in [-0.1, -0.05) is 189 Å². The van der Waals surface area contributed by atoms with Crippen LogP contribution in [-0.2, 0) is 31.9 Å². The summed E-state index contributed by atoms with van der Waals surface area (Å²) in [5.74, 6) is -1.75. The third kappa shape index (κ3) is 9.93. The smallest absolute Gasteiger partial charge is 0.148 e. The van der Waals surface area contributed by atoms with Crippen LogP contribution in [0, 0.1) is 19.8 Å². The molecule has 2 aromatic heterocycles. The molecule has 1 N–H and O–H groups in total. The SMILES string of the molecule is [2H]C([2H])([2H])c1cc(-c2cc(C([2H])(C)C)cc(C([2H])(C)C)c2)ccc1-n1c(-c2cc(C)cc(C(C)(C)C)c2O)nc2c(-c3[c-]c(-c4cc(-c5ccc(C(C([2H])([2H])[2H])(C([2H])([2H])[2H])C([2H])([2H])[2H])cc5)ccn4)cc(-c4ccccc4)c3)cccc21.[Pt]. The van der Waals surface area contributed by atoms with Gasteiger partial charge in [-0.25, -0.2) is 4.98 Å². The monoisotopic (exact) mass is 1100 g/mol. The number of fused-ring (bicyclic) bond motifs is 1. The third-order valence-electron chi connectivity index (χ3n) is 12.6. The summed E-state index contributed by atoms with van der Waals surface area (Å²) in [5.41, 5.74) is 6.91. The Morgan fingerprint density at radius 2 is 1.28 bits per heavy atom. The quantitative estimate of drug-likeness (QED) is 0.147. The zero-order chi connectivity index (χ0) is 60.1. The third-order valence-corrected chi connectivity index (χ3v) is 12.6. The van der Waals surface area contributed by atoms with Crippen molar-refractivity contribution in [2.75, 3.05) is 0 Å². The van der Waals surface area contributed by atoms with E-state index in [0.717, 1.165) is 16.7 Å². The number of nitrogens with zero attached hydrogens (tertiary/aromatic N) is 3. The van der Waals surface area contributed by atoms with Gasteiger partial charge in [0.05, 0.1) is 22.3 Å². The Bertz CT molecular complexity index is 3830. The van der Waals surface area contributed by atoms with Gasteiger partial charge in [0.2, 0.25) is 0 Å². The molecule has 0 saturated heterocycles. The predicted octanol–water partition coefficient (Wildman–Crippen LogP) is 17.4. The first kappa shape index (κ1) is 34.0. The number of para-hydroxylation sites is 1. The summed E-state index contributed by atoms with van der Waals surface area (Å²) >= 11 is 0. The molecule has 7 aromatic carbocycles. The van der Waals surface area contributed by atoms with Crippen molar-refractivity contribution in [1.29, 1.82) is 0 Å². The van der Waals surface area contributed by atoms with Crippen LogP contribution in [-0.4, -0.2) is 19.6 Å². The molecule has 0 aliphatic heterocycles. The molecule has 352 valence electrons. The predicted molar refractivity (Wildman–Crippen MR) is 287 cm³/mol. The van der Waals surface area contributed by atoms with Crippen molar-refractivity contribution in [2.24, 2.45) is 0 Å². The molecule has 0 spiro atoms.